The summed E-state index contributed by atoms with van der Waals surface area (Å²) in [6, 6.07) is 22.6. The number of nitrogens with zero attached hydrogens (tertiary/aromatic N) is 2. The summed E-state index contributed by atoms with van der Waals surface area (Å²) in [7, 11) is -3.83. The largest absolute Gasteiger partial charge is 0.352 e. The van der Waals surface area contributed by atoms with E-state index in [1.807, 2.05) is 56.3 Å². The van der Waals surface area contributed by atoms with Gasteiger partial charge in [0.1, 0.15) is 12.6 Å². The summed E-state index contributed by atoms with van der Waals surface area (Å²) < 4.78 is 27.0. The van der Waals surface area contributed by atoms with Gasteiger partial charge in [0.15, 0.2) is 0 Å². The highest BCUT2D eigenvalue weighted by molar-refractivity contribution is 7.92. The Morgan fingerprint density at radius 1 is 0.878 bits per heavy atom. The average Bonchev–Trinajstić information content (AvgIpc) is 2.89. The van der Waals surface area contributed by atoms with Crippen molar-refractivity contribution >= 4 is 39.1 Å². The summed E-state index contributed by atoms with van der Waals surface area (Å²) >= 11 is 6.10. The molecular formula is C32H40ClN3O4S. The summed E-state index contributed by atoms with van der Waals surface area (Å²) in [5.74, 6) is -0.809. The van der Waals surface area contributed by atoms with Crippen molar-refractivity contribution in [1.29, 1.82) is 0 Å². The van der Waals surface area contributed by atoms with Crippen LogP contribution in [0.1, 0.15) is 51.3 Å². The molecule has 2 amide bonds. The molecule has 1 atom stereocenters. The lowest BCUT2D eigenvalue weighted by Crippen LogP contribution is -2.54. The van der Waals surface area contributed by atoms with Gasteiger partial charge in [-0.15, -0.1) is 0 Å². The zero-order valence-electron chi connectivity index (χ0n) is 24.6. The normalized spacial score (nSPS) is 12.6. The summed E-state index contributed by atoms with van der Waals surface area (Å²) in [6.07, 6.45) is 1.34. The number of hydrogen-bond acceptors (Lipinski definition) is 4. The number of anilines is 1. The standard InChI is InChI=1S/C32H40ClN3O4S/c1-23(2)34-31(38)29(20-24-10-8-7-9-11-24)35(21-25-12-16-27(33)17-13-25)30(37)22-36(41(6,39)40)28-18-14-26(15-19-28)32(3,4)5/h7-19,23,29H,20-22H2,1-6H3,(H,34,38)/t29-/m0/s1. The van der Waals surface area contributed by atoms with Crippen LogP contribution in [-0.2, 0) is 38.0 Å². The van der Waals surface area contributed by atoms with Crippen LogP contribution in [0.2, 0.25) is 5.02 Å². The SMILES string of the molecule is CC(C)NC(=O)[C@H](Cc1ccccc1)N(Cc1ccc(Cl)cc1)C(=O)CN(c1ccc(C(C)(C)C)cc1)S(C)(=O)=O. The van der Waals surface area contributed by atoms with Crippen molar-refractivity contribution in [2.75, 3.05) is 17.1 Å². The van der Waals surface area contributed by atoms with E-state index >= 15 is 0 Å². The number of benzene rings is 3. The lowest BCUT2D eigenvalue weighted by Gasteiger charge is -2.34. The Balaban J connectivity index is 2.04. The Hall–Kier alpha value is -3.36. The fraction of sp³-hybridized carbons (Fsp3) is 0.375. The van der Waals surface area contributed by atoms with E-state index in [-0.39, 0.29) is 30.3 Å². The molecule has 0 heterocycles. The van der Waals surface area contributed by atoms with Gasteiger partial charge < -0.3 is 10.2 Å². The molecule has 0 aromatic heterocycles. The molecule has 0 saturated carbocycles. The van der Waals surface area contributed by atoms with Crippen LogP contribution in [0.25, 0.3) is 0 Å². The molecule has 9 heteroatoms. The molecule has 0 aliphatic rings. The van der Waals surface area contributed by atoms with Gasteiger partial charge in [-0.1, -0.05) is 87.0 Å². The van der Waals surface area contributed by atoms with Gasteiger partial charge in [0, 0.05) is 24.0 Å². The molecule has 0 aliphatic carbocycles. The van der Waals surface area contributed by atoms with Crippen LogP contribution in [0.5, 0.6) is 0 Å². The molecule has 7 nitrogen and oxygen atoms in total. The van der Waals surface area contributed by atoms with Crippen molar-refractivity contribution in [2.24, 2.45) is 0 Å². The van der Waals surface area contributed by atoms with Crippen molar-refractivity contribution in [2.45, 2.75) is 65.1 Å². The first kappa shape index (κ1) is 32.2. The second kappa shape index (κ2) is 13.5. The predicted octanol–water partition coefficient (Wildman–Crippen LogP) is 5.57. The van der Waals surface area contributed by atoms with Crippen LogP contribution in [0.3, 0.4) is 0 Å². The van der Waals surface area contributed by atoms with Crippen LogP contribution in [0, 0.1) is 0 Å². The lowest BCUT2D eigenvalue weighted by atomic mass is 9.87. The second-order valence-electron chi connectivity index (χ2n) is 11.6. The minimum absolute atomic E-state index is 0.0968. The summed E-state index contributed by atoms with van der Waals surface area (Å²) in [6.45, 7) is 9.57. The van der Waals surface area contributed by atoms with E-state index in [1.165, 1.54) is 4.90 Å². The molecule has 0 aliphatic heterocycles. The lowest BCUT2D eigenvalue weighted by molar-refractivity contribution is -0.140. The minimum Gasteiger partial charge on any atom is -0.352 e. The van der Waals surface area contributed by atoms with Gasteiger partial charge in [0.25, 0.3) is 0 Å². The van der Waals surface area contributed by atoms with Crippen molar-refractivity contribution < 1.29 is 18.0 Å². The molecule has 3 aromatic rings. The van der Waals surface area contributed by atoms with Gasteiger partial charge in [-0.05, 0) is 60.2 Å². The number of rotatable bonds is 11. The zero-order chi connectivity index (χ0) is 30.4. The molecule has 3 rings (SSSR count). The quantitative estimate of drug-likeness (QED) is 0.313. The van der Waals surface area contributed by atoms with Gasteiger partial charge in [-0.25, -0.2) is 8.42 Å². The molecule has 220 valence electrons. The topological polar surface area (TPSA) is 86.8 Å². The van der Waals surface area contributed by atoms with E-state index in [2.05, 4.69) is 26.1 Å². The maximum absolute atomic E-state index is 14.1. The molecule has 3 aromatic carbocycles. The fourth-order valence-electron chi connectivity index (χ4n) is 4.46. The maximum atomic E-state index is 14.1. The Labute approximate surface area is 249 Å². The molecule has 0 spiro atoms. The van der Waals surface area contributed by atoms with Crippen LogP contribution in [-0.4, -0.2) is 50.0 Å². The molecule has 0 unspecified atom stereocenters. The van der Waals surface area contributed by atoms with E-state index < -0.39 is 28.5 Å². The molecular weight excluding hydrogens is 558 g/mol. The number of carbonyl (C=O) groups excluding carboxylic acids is 2. The summed E-state index contributed by atoms with van der Waals surface area (Å²) in [5.41, 5.74) is 2.94. The minimum atomic E-state index is -3.83. The van der Waals surface area contributed by atoms with E-state index in [4.69, 9.17) is 11.6 Å². The van der Waals surface area contributed by atoms with E-state index in [1.54, 1.807) is 36.4 Å². The maximum Gasteiger partial charge on any atom is 0.244 e. The second-order valence-corrected chi connectivity index (χ2v) is 13.9. The molecule has 0 bridgehead atoms. The molecule has 1 N–H and O–H groups in total. The highest BCUT2D eigenvalue weighted by Gasteiger charge is 2.33. The molecule has 0 fully saturated rings. The van der Waals surface area contributed by atoms with Gasteiger partial charge >= 0.3 is 0 Å². The Morgan fingerprint density at radius 2 is 1.46 bits per heavy atom. The average molecular weight is 598 g/mol. The first-order valence-corrected chi connectivity index (χ1v) is 15.8. The van der Waals surface area contributed by atoms with Crippen molar-refractivity contribution in [3.63, 3.8) is 0 Å². The van der Waals surface area contributed by atoms with Crippen molar-refractivity contribution in [3.05, 3.63) is 101 Å². The Kier molecular flexibility index (Phi) is 10.6. The summed E-state index contributed by atoms with van der Waals surface area (Å²) in [5, 5.41) is 3.49. The van der Waals surface area contributed by atoms with E-state index in [0.717, 1.165) is 27.3 Å². The number of hydrogen-bond donors (Lipinski definition) is 1. The zero-order valence-corrected chi connectivity index (χ0v) is 26.2. The van der Waals surface area contributed by atoms with Crippen molar-refractivity contribution in [3.8, 4) is 0 Å². The fourth-order valence-corrected chi connectivity index (χ4v) is 5.44. The van der Waals surface area contributed by atoms with Crippen LogP contribution >= 0.6 is 11.6 Å². The Morgan fingerprint density at radius 3 is 1.98 bits per heavy atom. The van der Waals surface area contributed by atoms with E-state index in [9.17, 15) is 18.0 Å². The third kappa shape index (κ3) is 9.33. The highest BCUT2D eigenvalue weighted by Crippen LogP contribution is 2.26. The molecule has 0 radical (unpaired) electrons. The van der Waals surface area contributed by atoms with Gasteiger partial charge in [0.2, 0.25) is 21.8 Å². The van der Waals surface area contributed by atoms with Crippen LogP contribution in [0.4, 0.5) is 5.69 Å². The van der Waals surface area contributed by atoms with Crippen LogP contribution in [0.15, 0.2) is 78.9 Å². The molecule has 41 heavy (non-hydrogen) atoms. The number of carbonyl (C=O) groups is 2. The Bertz CT molecular complexity index is 1420. The number of nitrogens with one attached hydrogen (secondary N) is 1. The number of amides is 2. The third-order valence-electron chi connectivity index (χ3n) is 6.67. The van der Waals surface area contributed by atoms with Crippen LogP contribution < -0.4 is 9.62 Å². The van der Waals surface area contributed by atoms with Gasteiger partial charge in [-0.2, -0.15) is 0 Å². The monoisotopic (exact) mass is 597 g/mol. The first-order chi connectivity index (χ1) is 19.1. The summed E-state index contributed by atoms with van der Waals surface area (Å²) in [4.78, 5) is 29.1. The van der Waals surface area contributed by atoms with Gasteiger partial charge in [-0.3, -0.25) is 13.9 Å². The predicted molar refractivity (Wildman–Crippen MR) is 167 cm³/mol. The number of halogens is 1. The highest BCUT2D eigenvalue weighted by atomic mass is 35.5. The first-order valence-electron chi connectivity index (χ1n) is 13.6. The smallest absolute Gasteiger partial charge is 0.244 e. The van der Waals surface area contributed by atoms with Crippen molar-refractivity contribution in [1.82, 2.24) is 10.2 Å². The molecule has 0 saturated heterocycles. The van der Waals surface area contributed by atoms with Gasteiger partial charge in [0.05, 0.1) is 11.9 Å². The number of sulfonamides is 1. The van der Waals surface area contributed by atoms with E-state index in [0.29, 0.717) is 10.7 Å². The third-order valence-corrected chi connectivity index (χ3v) is 8.06.